The zero-order chi connectivity index (χ0) is 14.8. The molecule has 114 valence electrons. The summed E-state index contributed by atoms with van der Waals surface area (Å²) in [5.41, 5.74) is 7.37. The van der Waals surface area contributed by atoms with E-state index in [9.17, 15) is 4.79 Å². The Morgan fingerprint density at radius 2 is 1.81 bits per heavy atom. The highest BCUT2D eigenvalue weighted by molar-refractivity contribution is 6.30. The average molecular weight is 307 g/mol. The third kappa shape index (κ3) is 3.41. The predicted octanol–water partition coefficient (Wildman–Crippen LogP) is 3.11. The summed E-state index contributed by atoms with van der Waals surface area (Å²) >= 11 is 5.87. The molecular formula is C17H23ClN2O. The SMILES string of the molecule is NC1C2CCCC1CC(C(=O)NCc1ccc(Cl)cc1)C2. The lowest BCUT2D eigenvalue weighted by atomic mass is 9.65. The van der Waals surface area contributed by atoms with Crippen molar-refractivity contribution in [3.8, 4) is 0 Å². The van der Waals surface area contributed by atoms with Crippen LogP contribution in [0.1, 0.15) is 37.7 Å². The lowest BCUT2D eigenvalue weighted by Crippen LogP contribution is -2.49. The first-order chi connectivity index (χ1) is 10.1. The first-order valence-corrected chi connectivity index (χ1v) is 8.29. The molecule has 1 amide bonds. The molecule has 3 N–H and O–H groups in total. The molecule has 1 aromatic carbocycles. The Morgan fingerprint density at radius 3 is 2.43 bits per heavy atom. The molecule has 2 aliphatic carbocycles. The number of hydrogen-bond acceptors (Lipinski definition) is 2. The van der Waals surface area contributed by atoms with Crippen molar-refractivity contribution in [2.45, 2.75) is 44.7 Å². The van der Waals surface area contributed by atoms with Crippen molar-refractivity contribution in [3.05, 3.63) is 34.9 Å². The minimum Gasteiger partial charge on any atom is -0.352 e. The third-order valence-corrected chi connectivity index (χ3v) is 5.42. The molecule has 2 unspecified atom stereocenters. The van der Waals surface area contributed by atoms with Crippen LogP contribution in [0, 0.1) is 17.8 Å². The molecule has 1 aromatic rings. The average Bonchev–Trinajstić information content (AvgIpc) is 2.46. The van der Waals surface area contributed by atoms with E-state index in [0.29, 0.717) is 24.4 Å². The van der Waals surface area contributed by atoms with E-state index in [2.05, 4.69) is 5.32 Å². The number of benzene rings is 1. The first-order valence-electron chi connectivity index (χ1n) is 7.91. The van der Waals surface area contributed by atoms with Gasteiger partial charge >= 0.3 is 0 Å². The summed E-state index contributed by atoms with van der Waals surface area (Å²) < 4.78 is 0. The van der Waals surface area contributed by atoms with Crippen molar-refractivity contribution in [1.82, 2.24) is 5.32 Å². The van der Waals surface area contributed by atoms with Crippen LogP contribution in [0.25, 0.3) is 0 Å². The Kier molecular flexibility index (Phi) is 4.51. The summed E-state index contributed by atoms with van der Waals surface area (Å²) in [6, 6.07) is 7.93. The van der Waals surface area contributed by atoms with Crippen molar-refractivity contribution in [2.75, 3.05) is 0 Å². The Bertz CT molecular complexity index is 488. The highest BCUT2D eigenvalue weighted by Crippen LogP contribution is 2.41. The molecule has 0 radical (unpaired) electrons. The molecule has 0 spiro atoms. The summed E-state index contributed by atoms with van der Waals surface area (Å²) in [4.78, 5) is 12.4. The first kappa shape index (κ1) is 14.9. The summed E-state index contributed by atoms with van der Waals surface area (Å²) in [6.45, 7) is 0.577. The third-order valence-electron chi connectivity index (χ3n) is 5.16. The number of carbonyl (C=O) groups excluding carboxylic acids is 1. The van der Waals surface area contributed by atoms with Crippen molar-refractivity contribution in [3.63, 3.8) is 0 Å². The van der Waals surface area contributed by atoms with Crippen LogP contribution in [0.4, 0.5) is 0 Å². The van der Waals surface area contributed by atoms with Gasteiger partial charge < -0.3 is 11.1 Å². The quantitative estimate of drug-likeness (QED) is 0.901. The van der Waals surface area contributed by atoms with E-state index >= 15 is 0 Å². The van der Waals surface area contributed by atoms with Crippen LogP contribution < -0.4 is 11.1 Å². The molecule has 3 rings (SSSR count). The van der Waals surface area contributed by atoms with E-state index in [1.807, 2.05) is 24.3 Å². The van der Waals surface area contributed by atoms with Gasteiger partial charge in [0.25, 0.3) is 0 Å². The zero-order valence-corrected chi connectivity index (χ0v) is 13.0. The standard InChI is InChI=1S/C17H23ClN2O/c18-15-6-4-11(5-7-15)10-20-17(21)14-8-12-2-1-3-13(9-14)16(12)19/h4-7,12-14,16H,1-3,8-10,19H2,(H,20,21). The molecule has 2 fully saturated rings. The molecule has 0 heterocycles. The van der Waals surface area contributed by atoms with Gasteiger partial charge in [0.15, 0.2) is 0 Å². The molecule has 2 saturated carbocycles. The van der Waals surface area contributed by atoms with Gasteiger partial charge in [0.05, 0.1) is 0 Å². The monoisotopic (exact) mass is 306 g/mol. The fourth-order valence-electron chi connectivity index (χ4n) is 3.94. The van der Waals surface area contributed by atoms with Crippen molar-refractivity contribution in [1.29, 1.82) is 0 Å². The number of rotatable bonds is 3. The second-order valence-electron chi connectivity index (χ2n) is 6.54. The van der Waals surface area contributed by atoms with Crippen molar-refractivity contribution in [2.24, 2.45) is 23.5 Å². The fourth-order valence-corrected chi connectivity index (χ4v) is 4.06. The largest absolute Gasteiger partial charge is 0.352 e. The van der Waals surface area contributed by atoms with Gasteiger partial charge in [-0.15, -0.1) is 0 Å². The molecule has 4 heteroatoms. The molecule has 0 aromatic heterocycles. The number of hydrogen-bond donors (Lipinski definition) is 2. The molecule has 2 atom stereocenters. The van der Waals surface area contributed by atoms with E-state index in [1.165, 1.54) is 19.3 Å². The Balaban J connectivity index is 1.55. The van der Waals surface area contributed by atoms with Gasteiger partial charge in [0, 0.05) is 23.5 Å². The van der Waals surface area contributed by atoms with Crippen LogP contribution in [0.5, 0.6) is 0 Å². The molecule has 2 aliphatic rings. The minimum absolute atomic E-state index is 0.146. The highest BCUT2D eigenvalue weighted by atomic mass is 35.5. The summed E-state index contributed by atoms with van der Waals surface area (Å²) in [5, 5.41) is 3.79. The van der Waals surface area contributed by atoms with Crippen molar-refractivity contribution >= 4 is 17.5 Å². The zero-order valence-electron chi connectivity index (χ0n) is 12.2. The molecule has 2 bridgehead atoms. The molecular weight excluding hydrogens is 284 g/mol. The summed E-state index contributed by atoms with van der Waals surface area (Å²) in [6.07, 6.45) is 5.59. The second-order valence-corrected chi connectivity index (χ2v) is 6.98. The lowest BCUT2D eigenvalue weighted by Gasteiger charge is -2.43. The normalized spacial score (nSPS) is 31.7. The number of halogens is 1. The number of amides is 1. The van der Waals surface area contributed by atoms with Crippen LogP contribution in [0.15, 0.2) is 24.3 Å². The van der Waals surface area contributed by atoms with Gasteiger partial charge in [-0.1, -0.05) is 30.2 Å². The molecule has 21 heavy (non-hydrogen) atoms. The van der Waals surface area contributed by atoms with E-state index < -0.39 is 0 Å². The minimum atomic E-state index is 0.146. The number of fused-ring (bicyclic) bond motifs is 2. The summed E-state index contributed by atoms with van der Waals surface area (Å²) in [7, 11) is 0. The van der Waals surface area contributed by atoms with Crippen LogP contribution in [-0.2, 0) is 11.3 Å². The van der Waals surface area contributed by atoms with Crippen LogP contribution in [-0.4, -0.2) is 11.9 Å². The van der Waals surface area contributed by atoms with Gasteiger partial charge in [-0.3, -0.25) is 4.79 Å². The van der Waals surface area contributed by atoms with Crippen molar-refractivity contribution < 1.29 is 4.79 Å². The van der Waals surface area contributed by atoms with Gasteiger partial charge in [-0.2, -0.15) is 0 Å². The highest BCUT2D eigenvalue weighted by Gasteiger charge is 2.40. The predicted molar refractivity (Wildman–Crippen MR) is 84.8 cm³/mol. The Hall–Kier alpha value is -1.06. The van der Waals surface area contributed by atoms with E-state index in [-0.39, 0.29) is 11.8 Å². The Labute approximate surface area is 131 Å². The number of carbonyl (C=O) groups is 1. The molecule has 0 aliphatic heterocycles. The summed E-state index contributed by atoms with van der Waals surface area (Å²) in [5.74, 6) is 1.42. The van der Waals surface area contributed by atoms with Gasteiger partial charge in [-0.05, 0) is 55.2 Å². The topological polar surface area (TPSA) is 55.1 Å². The maximum absolute atomic E-state index is 12.4. The van der Waals surface area contributed by atoms with Crippen LogP contribution >= 0.6 is 11.6 Å². The number of nitrogens with two attached hydrogens (primary N) is 1. The second kappa shape index (κ2) is 6.37. The van der Waals surface area contributed by atoms with E-state index in [0.717, 1.165) is 23.4 Å². The van der Waals surface area contributed by atoms with Gasteiger partial charge in [0.1, 0.15) is 0 Å². The molecule has 0 saturated heterocycles. The van der Waals surface area contributed by atoms with E-state index in [1.54, 1.807) is 0 Å². The smallest absolute Gasteiger partial charge is 0.223 e. The maximum atomic E-state index is 12.4. The van der Waals surface area contributed by atoms with Crippen LogP contribution in [0.3, 0.4) is 0 Å². The van der Waals surface area contributed by atoms with Gasteiger partial charge in [-0.25, -0.2) is 0 Å². The number of nitrogens with one attached hydrogen (secondary N) is 1. The lowest BCUT2D eigenvalue weighted by molar-refractivity contribution is -0.128. The Morgan fingerprint density at radius 1 is 1.19 bits per heavy atom. The maximum Gasteiger partial charge on any atom is 0.223 e. The van der Waals surface area contributed by atoms with Crippen LogP contribution in [0.2, 0.25) is 5.02 Å². The van der Waals surface area contributed by atoms with Gasteiger partial charge in [0.2, 0.25) is 5.91 Å². The van der Waals surface area contributed by atoms with E-state index in [4.69, 9.17) is 17.3 Å². The molecule has 3 nitrogen and oxygen atoms in total. The fraction of sp³-hybridized carbons (Fsp3) is 0.588.